The number of aliphatic hydroxyl groups excluding tert-OH is 2. The second kappa shape index (κ2) is 14.3. The van der Waals surface area contributed by atoms with Crippen LogP contribution in [0.3, 0.4) is 0 Å². The molecule has 2 aromatic carbocycles. The van der Waals surface area contributed by atoms with Crippen LogP contribution >= 0.6 is 22.6 Å². The zero-order valence-corrected chi connectivity index (χ0v) is 24.1. The molecule has 0 spiro atoms. The summed E-state index contributed by atoms with van der Waals surface area (Å²) in [7, 11) is 1.60. The minimum Gasteiger partial charge on any atom is -0.497 e. The van der Waals surface area contributed by atoms with Crippen molar-refractivity contribution in [2.45, 2.75) is 44.9 Å². The summed E-state index contributed by atoms with van der Waals surface area (Å²) < 4.78 is 12.4. The number of benzene rings is 2. The Kier molecular flexibility index (Phi) is 11.2. The lowest BCUT2D eigenvalue weighted by atomic mass is 9.87. The number of para-hydroxylation sites is 1. The van der Waals surface area contributed by atoms with Crippen LogP contribution < -0.4 is 14.8 Å². The van der Waals surface area contributed by atoms with E-state index in [1.165, 1.54) is 6.08 Å². The molecule has 3 N–H and O–H groups in total. The first-order chi connectivity index (χ1) is 18.2. The van der Waals surface area contributed by atoms with Crippen molar-refractivity contribution in [3.8, 4) is 11.5 Å². The Hall–Kier alpha value is -2.89. The summed E-state index contributed by atoms with van der Waals surface area (Å²) in [6.45, 7) is 3.90. The van der Waals surface area contributed by atoms with Gasteiger partial charge in [0.05, 0.1) is 23.3 Å². The van der Waals surface area contributed by atoms with Crippen LogP contribution in [0.5, 0.6) is 11.5 Å². The molecule has 8 nitrogen and oxygen atoms in total. The first-order valence-corrected chi connectivity index (χ1v) is 13.6. The summed E-state index contributed by atoms with van der Waals surface area (Å²) in [4.78, 5) is 28.0. The molecular formula is C29H35IN2O6. The highest BCUT2D eigenvalue weighted by molar-refractivity contribution is 14.1. The number of amides is 2. The Bertz CT molecular complexity index is 1180. The van der Waals surface area contributed by atoms with Gasteiger partial charge in [-0.1, -0.05) is 29.8 Å². The van der Waals surface area contributed by atoms with Crippen molar-refractivity contribution in [1.29, 1.82) is 0 Å². The molecule has 9 heteroatoms. The van der Waals surface area contributed by atoms with Gasteiger partial charge in [0.25, 0.3) is 0 Å². The van der Waals surface area contributed by atoms with Crippen molar-refractivity contribution in [3.05, 3.63) is 81.0 Å². The molecule has 0 saturated carbocycles. The number of carbonyl (C=O) groups excluding carboxylic acids is 2. The van der Waals surface area contributed by atoms with Gasteiger partial charge in [-0.05, 0) is 78.8 Å². The summed E-state index contributed by atoms with van der Waals surface area (Å²) in [5.74, 6) is 0.679. The van der Waals surface area contributed by atoms with Gasteiger partial charge in [-0.25, -0.2) is 0 Å². The highest BCUT2D eigenvalue weighted by Crippen LogP contribution is 2.30. The molecule has 0 heterocycles. The number of rotatable bonds is 11. The van der Waals surface area contributed by atoms with Crippen LogP contribution in [0.1, 0.15) is 25.8 Å². The summed E-state index contributed by atoms with van der Waals surface area (Å²) in [5, 5.41) is 23.4. The molecule has 204 valence electrons. The fourth-order valence-electron chi connectivity index (χ4n) is 4.31. The topological polar surface area (TPSA) is 108 Å². The molecule has 1 aliphatic carbocycles. The number of methoxy groups -OCH3 is 1. The van der Waals surface area contributed by atoms with Crippen molar-refractivity contribution >= 4 is 34.4 Å². The molecule has 3 atom stereocenters. The summed E-state index contributed by atoms with van der Waals surface area (Å²) in [6.07, 6.45) is 1.88. The fourth-order valence-corrected chi connectivity index (χ4v) is 4.83. The normalized spacial score (nSPS) is 18.7. The lowest BCUT2D eigenvalue weighted by Gasteiger charge is -2.40. The molecular weight excluding hydrogens is 599 g/mol. The average molecular weight is 635 g/mol. The van der Waals surface area contributed by atoms with Crippen LogP contribution in [0.2, 0.25) is 0 Å². The molecule has 2 aromatic rings. The third kappa shape index (κ3) is 8.05. The number of aliphatic hydroxyl groups is 2. The first-order valence-electron chi connectivity index (χ1n) is 12.5. The van der Waals surface area contributed by atoms with Gasteiger partial charge in [-0.3, -0.25) is 9.59 Å². The van der Waals surface area contributed by atoms with E-state index in [0.717, 1.165) is 20.5 Å². The molecule has 0 aromatic heterocycles. The average Bonchev–Trinajstić information content (AvgIpc) is 2.90. The van der Waals surface area contributed by atoms with Crippen LogP contribution in [0.15, 0.2) is 71.8 Å². The maximum absolute atomic E-state index is 13.4. The third-order valence-electron chi connectivity index (χ3n) is 6.19. The molecule has 0 fully saturated rings. The van der Waals surface area contributed by atoms with E-state index in [4.69, 9.17) is 9.47 Å². The zero-order valence-electron chi connectivity index (χ0n) is 21.9. The second-order valence-electron chi connectivity index (χ2n) is 9.30. The number of hydrogen-bond donors (Lipinski definition) is 3. The number of allylic oxidation sites excluding steroid dienone is 1. The summed E-state index contributed by atoms with van der Waals surface area (Å²) >= 11 is 2.15. The SMILES string of the molecule is COc1cccc(CCN(C(=O)C=C(C)C)[C@@H]2CC(C(=O)NCCO)=C[C@H](Oc3ccccc3I)[C@H]2O)c1. The predicted octanol–water partition coefficient (Wildman–Crippen LogP) is 3.25. The van der Waals surface area contributed by atoms with E-state index >= 15 is 0 Å². The van der Waals surface area contributed by atoms with Crippen molar-refractivity contribution in [1.82, 2.24) is 10.2 Å². The molecule has 3 rings (SSSR count). The molecule has 0 bridgehead atoms. The van der Waals surface area contributed by atoms with Crippen molar-refractivity contribution in [3.63, 3.8) is 0 Å². The van der Waals surface area contributed by atoms with E-state index in [2.05, 4.69) is 27.9 Å². The largest absolute Gasteiger partial charge is 0.497 e. The number of nitrogens with zero attached hydrogens (tertiary/aromatic N) is 1. The van der Waals surface area contributed by atoms with Crippen molar-refractivity contribution in [2.75, 3.05) is 26.8 Å². The Labute approximate surface area is 237 Å². The van der Waals surface area contributed by atoms with Crippen LogP contribution in [-0.4, -0.2) is 72.0 Å². The van der Waals surface area contributed by atoms with Gasteiger partial charge >= 0.3 is 0 Å². The molecule has 0 unspecified atom stereocenters. The Morgan fingerprint density at radius 2 is 1.95 bits per heavy atom. The highest BCUT2D eigenvalue weighted by Gasteiger charge is 2.40. The maximum Gasteiger partial charge on any atom is 0.247 e. The predicted molar refractivity (Wildman–Crippen MR) is 154 cm³/mol. The summed E-state index contributed by atoms with van der Waals surface area (Å²) in [6, 6.07) is 14.3. The molecule has 0 saturated heterocycles. The van der Waals surface area contributed by atoms with Gasteiger partial charge in [0.2, 0.25) is 11.8 Å². The number of ether oxygens (including phenoxy) is 2. The highest BCUT2D eigenvalue weighted by atomic mass is 127. The number of hydrogen-bond acceptors (Lipinski definition) is 6. The van der Waals surface area contributed by atoms with Crippen LogP contribution in [0.4, 0.5) is 0 Å². The molecule has 2 amide bonds. The molecule has 38 heavy (non-hydrogen) atoms. The number of carbonyl (C=O) groups is 2. The van der Waals surface area contributed by atoms with Crippen molar-refractivity contribution in [2.24, 2.45) is 0 Å². The minimum atomic E-state index is -1.08. The van der Waals surface area contributed by atoms with Crippen molar-refractivity contribution < 1.29 is 29.3 Å². The van der Waals surface area contributed by atoms with Gasteiger partial charge in [0.15, 0.2) is 0 Å². The van der Waals surface area contributed by atoms with Crippen LogP contribution in [0.25, 0.3) is 0 Å². The van der Waals surface area contributed by atoms with Gasteiger partial charge in [-0.15, -0.1) is 0 Å². The molecule has 0 aliphatic heterocycles. The first kappa shape index (κ1) is 29.7. The molecule has 0 radical (unpaired) electrons. The van der Waals surface area contributed by atoms with E-state index in [1.54, 1.807) is 24.2 Å². The smallest absolute Gasteiger partial charge is 0.247 e. The second-order valence-corrected chi connectivity index (χ2v) is 10.5. The Morgan fingerprint density at radius 3 is 2.63 bits per heavy atom. The minimum absolute atomic E-state index is 0.0990. The summed E-state index contributed by atoms with van der Waals surface area (Å²) in [5.41, 5.74) is 2.20. The van der Waals surface area contributed by atoms with Gasteiger partial charge in [-0.2, -0.15) is 0 Å². The van der Waals surface area contributed by atoms with E-state index in [1.807, 2.05) is 56.3 Å². The standard InChI is InChI=1S/C29H35IN2O6/c1-19(2)15-27(34)32(13-11-20-7-6-8-22(16-20)37-3)24-17-21(29(36)31-12-14-33)18-26(28(24)35)38-25-10-5-4-9-23(25)30/h4-10,15-16,18,24,26,28,33,35H,11-14,17H2,1-3H3,(H,31,36)/t24-,26+,28+/m1/s1. The monoisotopic (exact) mass is 634 g/mol. The Balaban J connectivity index is 1.95. The lowest BCUT2D eigenvalue weighted by molar-refractivity contribution is -0.133. The number of nitrogens with one attached hydrogen (secondary N) is 1. The van der Waals surface area contributed by atoms with Gasteiger partial charge in [0.1, 0.15) is 23.7 Å². The van der Waals surface area contributed by atoms with E-state index < -0.39 is 18.2 Å². The lowest BCUT2D eigenvalue weighted by Crippen LogP contribution is -2.55. The van der Waals surface area contributed by atoms with E-state index in [9.17, 15) is 19.8 Å². The van der Waals surface area contributed by atoms with Gasteiger partial charge in [0, 0.05) is 31.2 Å². The van der Waals surface area contributed by atoms with Crippen LogP contribution in [0, 0.1) is 3.57 Å². The molecule has 1 aliphatic rings. The number of halogens is 1. The van der Waals surface area contributed by atoms with Gasteiger partial charge < -0.3 is 29.9 Å². The third-order valence-corrected chi connectivity index (χ3v) is 7.08. The zero-order chi connectivity index (χ0) is 27.7. The Morgan fingerprint density at radius 1 is 1.18 bits per heavy atom. The fraction of sp³-hybridized carbons (Fsp3) is 0.379. The van der Waals surface area contributed by atoms with Crippen LogP contribution in [-0.2, 0) is 16.0 Å². The maximum atomic E-state index is 13.4. The van der Waals surface area contributed by atoms with E-state index in [-0.39, 0.29) is 31.4 Å². The quantitative estimate of drug-likeness (QED) is 0.259. The van der Waals surface area contributed by atoms with E-state index in [0.29, 0.717) is 24.3 Å².